The third kappa shape index (κ3) is 16.4. The number of ketones is 2. The number of anilines is 4. The standard InChI is InChI=1S/C22H19F3N4O.C19H23BF3N3O2.C9H8BrNO.I3.I2/c1-12-8-20(28-10-13-2-7-19(27-9-13)22(23,24)25)29-11-16(12)14-3-5-17(26)21-15(14)4-6-18(21)30;1-12-8-16(25-10-13-6-7-15(24-9-13)19(21,22)23)26-11-14(12)20-27-17(2,3)18(4,5)28-20;10-6-2-3-7(11)9-5(6)1-4-8(9)12;1-3-2;1-2/h2-3,5,7-9,11H,4,6,10,26H2,1H3,(H,28,29);6-9,11H,10H2,1-5H3,(H,25,26);2-3H,1,4,11H2;;/q;;;-1;. The molecule has 0 unspecified atom stereocenters. The minimum atomic E-state index is -4.45. The van der Waals surface area contributed by atoms with E-state index in [4.69, 9.17) is 20.8 Å². The monoisotopic (exact) mass is 1660 g/mol. The van der Waals surface area contributed by atoms with Crippen LogP contribution in [0.5, 0.6) is 0 Å². The second kappa shape index (κ2) is 27.4. The first-order chi connectivity index (χ1) is 35.2. The van der Waals surface area contributed by atoms with Crippen molar-refractivity contribution < 1.29 is 58.5 Å². The summed E-state index contributed by atoms with van der Waals surface area (Å²) in [6, 6.07) is 15.8. The molecule has 0 radical (unpaired) electrons. The summed E-state index contributed by atoms with van der Waals surface area (Å²) in [4.78, 5) is 39.2. The summed E-state index contributed by atoms with van der Waals surface area (Å²) in [6.07, 6.45) is -0.503. The van der Waals surface area contributed by atoms with E-state index in [1.54, 1.807) is 24.5 Å². The number of halogens is 12. The Morgan fingerprint density at radius 1 is 0.640 bits per heavy atom. The van der Waals surface area contributed by atoms with Crippen LogP contribution in [0.4, 0.5) is 49.4 Å². The van der Waals surface area contributed by atoms with E-state index in [-0.39, 0.29) is 11.6 Å². The molecule has 4 aromatic heterocycles. The molecule has 402 valence electrons. The molecule has 1 fully saturated rings. The quantitative estimate of drug-likeness (QED) is 0.0491. The van der Waals surface area contributed by atoms with Crippen molar-refractivity contribution >= 4 is 138 Å². The van der Waals surface area contributed by atoms with Gasteiger partial charge in [-0.15, -0.1) is 0 Å². The van der Waals surface area contributed by atoms with Crippen LogP contribution in [-0.2, 0) is 47.6 Å². The number of carbonyl (C=O) groups excluding carboxylic acids is 2. The third-order valence-corrected chi connectivity index (χ3v) is 13.4. The zero-order valence-electron chi connectivity index (χ0n) is 41.0. The Kier molecular flexibility index (Phi) is 23.1. The Morgan fingerprint density at radius 2 is 1.08 bits per heavy atom. The van der Waals surface area contributed by atoms with Gasteiger partial charge in [-0.2, -0.15) is 26.3 Å². The van der Waals surface area contributed by atoms with Crippen LogP contribution in [-0.4, -0.2) is 49.8 Å². The molecule has 0 spiro atoms. The predicted octanol–water partition coefficient (Wildman–Crippen LogP) is 11.2. The van der Waals surface area contributed by atoms with E-state index in [1.807, 2.05) is 65.8 Å². The summed E-state index contributed by atoms with van der Waals surface area (Å²) >= 11 is 12.9. The van der Waals surface area contributed by atoms with Crippen LogP contribution in [0.3, 0.4) is 0 Å². The number of benzene rings is 2. The summed E-state index contributed by atoms with van der Waals surface area (Å²) in [5.74, 6) is 1.44. The van der Waals surface area contributed by atoms with Gasteiger partial charge in [-0.05, 0) is 136 Å². The minimum Gasteiger partial charge on any atom is -0.398 e. The zero-order valence-corrected chi connectivity index (χ0v) is 53.4. The van der Waals surface area contributed by atoms with Gasteiger partial charge in [-0.1, -0.05) is 34.1 Å². The van der Waals surface area contributed by atoms with Gasteiger partial charge in [0.25, 0.3) is 0 Å². The first-order valence-corrected chi connectivity index (χ1v) is 42.3. The van der Waals surface area contributed by atoms with Crippen LogP contribution in [0, 0.1) is 13.8 Å². The van der Waals surface area contributed by atoms with Gasteiger partial charge < -0.3 is 31.4 Å². The van der Waals surface area contributed by atoms with E-state index in [9.17, 15) is 35.9 Å². The SMILES string of the molecule is Cc1cc(NCc2ccc(C(F)(F)F)nc2)ncc1-c1ccc(N)c2c1CCC2=O.Cc1cc(NCc2ccc(C(F)(F)F)nc2)ncc1B1OC(C)(C)C(C)(C)O1.II.I[I-]I.Nc1ccc(Br)c2c1C(=O)CC2. The number of hydrogen-bond acceptors (Lipinski definition) is 12. The molecule has 75 heavy (non-hydrogen) atoms. The van der Waals surface area contributed by atoms with Gasteiger partial charge >= 0.3 is 70.0 Å². The molecule has 5 heterocycles. The van der Waals surface area contributed by atoms with Gasteiger partial charge in [0, 0.05) is 126 Å². The molecule has 12 nitrogen and oxygen atoms in total. The predicted molar refractivity (Wildman–Crippen MR) is 317 cm³/mol. The van der Waals surface area contributed by atoms with Crippen LogP contribution >= 0.6 is 90.4 Å². The van der Waals surface area contributed by atoms with Crippen molar-refractivity contribution in [3.8, 4) is 11.1 Å². The van der Waals surface area contributed by atoms with Gasteiger partial charge in [-0.3, -0.25) is 19.6 Å². The maximum absolute atomic E-state index is 12.6. The molecule has 2 aliphatic carbocycles. The van der Waals surface area contributed by atoms with Crippen LogP contribution in [0.25, 0.3) is 11.1 Å². The first-order valence-electron chi connectivity index (χ1n) is 22.6. The van der Waals surface area contributed by atoms with Crippen LogP contribution in [0.1, 0.15) is 106 Å². The van der Waals surface area contributed by atoms with Crippen molar-refractivity contribution in [3.05, 3.63) is 146 Å². The van der Waals surface area contributed by atoms with E-state index < -0.39 is 42.1 Å². The molecule has 0 amide bonds. The Morgan fingerprint density at radius 3 is 1.51 bits per heavy atom. The van der Waals surface area contributed by atoms with Gasteiger partial charge in [0.2, 0.25) is 0 Å². The fraction of sp³-hybridized carbons (Fsp3) is 0.320. The molecule has 1 aliphatic heterocycles. The number of pyridine rings is 4. The molecular formula is C50H50BBrF6I5N8O4-. The Balaban J connectivity index is 0.000000213. The van der Waals surface area contributed by atoms with E-state index in [1.165, 1.54) is 24.5 Å². The topological polar surface area (TPSA) is 180 Å². The molecule has 9 rings (SSSR count). The van der Waals surface area contributed by atoms with Gasteiger partial charge in [0.15, 0.2) is 11.6 Å². The summed E-state index contributed by atoms with van der Waals surface area (Å²) in [6.45, 7) is 12.4. The molecule has 6 N–H and O–H groups in total. The normalized spacial score (nSPS) is 15.0. The molecule has 0 atom stereocenters. The maximum Gasteiger partial charge on any atom is 0.165 e. The number of alkyl halides is 6. The number of nitrogens with zero attached hydrogens (tertiary/aromatic N) is 4. The number of aryl methyl sites for hydroxylation is 2. The van der Waals surface area contributed by atoms with Crippen molar-refractivity contribution in [2.45, 2.75) is 104 Å². The van der Waals surface area contributed by atoms with Crippen molar-refractivity contribution in [3.63, 3.8) is 0 Å². The van der Waals surface area contributed by atoms with Crippen LogP contribution in [0.15, 0.2) is 89.9 Å². The minimum absolute atomic E-state index is 0.0680. The smallest absolute Gasteiger partial charge is 0.165 e. The van der Waals surface area contributed by atoms with Crippen molar-refractivity contribution in [1.29, 1.82) is 0 Å². The average Bonchev–Trinajstić information content (AvgIpc) is 4.02. The number of nitrogen functional groups attached to an aromatic ring is 2. The summed E-state index contributed by atoms with van der Waals surface area (Å²) in [7, 11) is -0.495. The van der Waals surface area contributed by atoms with Gasteiger partial charge in [0.05, 0.1) is 11.2 Å². The van der Waals surface area contributed by atoms with Gasteiger partial charge in [-0.25, -0.2) is 9.97 Å². The molecule has 0 bridgehead atoms. The molecule has 3 aliphatic rings. The first kappa shape index (κ1) is 63.1. The summed E-state index contributed by atoms with van der Waals surface area (Å²) in [5.41, 5.74) is 19.3. The number of carbonyl (C=O) groups is 2. The Labute approximate surface area is 493 Å². The second-order valence-electron chi connectivity index (χ2n) is 18.2. The number of Topliss-reactive ketones (excluding diaryl/α,β-unsaturated/α-hetero) is 2. The third-order valence-electron chi connectivity index (χ3n) is 12.6. The fourth-order valence-electron chi connectivity index (χ4n) is 8.04. The molecular weight excluding hydrogens is 1620 g/mol. The second-order valence-corrected chi connectivity index (χ2v) is 35.3. The fourth-order valence-corrected chi connectivity index (χ4v) is 8.57. The molecule has 6 aromatic rings. The Hall–Kier alpha value is -2.73. The Bertz CT molecular complexity index is 2960. The number of nitrogens with one attached hydrogen (secondary N) is 2. The van der Waals surface area contributed by atoms with Gasteiger partial charge in [0.1, 0.15) is 23.0 Å². The molecule has 2 aromatic carbocycles. The number of aromatic nitrogens is 4. The summed E-state index contributed by atoms with van der Waals surface area (Å²) < 4.78 is 88.6. The van der Waals surface area contributed by atoms with Crippen molar-refractivity contribution in [2.75, 3.05) is 22.1 Å². The van der Waals surface area contributed by atoms with E-state index in [0.717, 1.165) is 67.4 Å². The zero-order chi connectivity index (χ0) is 55.6. The molecule has 25 heteroatoms. The average molecular weight is 1670 g/mol. The molecule has 1 saturated heterocycles. The van der Waals surface area contributed by atoms with Crippen molar-refractivity contribution in [2.24, 2.45) is 0 Å². The number of rotatable bonds is 8. The number of fused-ring (bicyclic) bond motifs is 2. The largest absolute Gasteiger partial charge is 0.398 e. The van der Waals surface area contributed by atoms with Crippen LogP contribution in [0.2, 0.25) is 0 Å². The van der Waals surface area contributed by atoms with E-state index in [0.29, 0.717) is 85.3 Å². The van der Waals surface area contributed by atoms with E-state index >= 15 is 0 Å². The summed E-state index contributed by atoms with van der Waals surface area (Å²) in [5, 5.41) is 6.20. The van der Waals surface area contributed by atoms with E-state index in [2.05, 4.69) is 121 Å². The van der Waals surface area contributed by atoms with Crippen LogP contribution < -0.4 is 40.8 Å². The maximum atomic E-state index is 12.6. The molecule has 0 saturated carbocycles. The number of hydrogen-bond donors (Lipinski definition) is 4. The van der Waals surface area contributed by atoms with Crippen molar-refractivity contribution in [1.82, 2.24) is 19.9 Å². The number of nitrogens with two attached hydrogens (primary N) is 2.